The van der Waals surface area contributed by atoms with Crippen LogP contribution in [0.4, 0.5) is 17.1 Å². The van der Waals surface area contributed by atoms with Crippen LogP contribution in [0.2, 0.25) is 0 Å². The first-order valence-corrected chi connectivity index (χ1v) is 16.2. The minimum atomic E-state index is 1.12. The van der Waals surface area contributed by atoms with Crippen molar-refractivity contribution in [1.29, 1.82) is 0 Å². The summed E-state index contributed by atoms with van der Waals surface area (Å²) in [6.45, 7) is 0. The molecule has 0 saturated heterocycles. The average molecular weight is 598 g/mol. The molecule has 0 aliphatic heterocycles. The van der Waals surface area contributed by atoms with Gasteiger partial charge in [-0.15, -0.1) is 0 Å². The van der Waals surface area contributed by atoms with Crippen molar-refractivity contribution in [3.63, 3.8) is 0 Å². The van der Waals surface area contributed by atoms with E-state index >= 15 is 0 Å². The number of anilines is 3. The van der Waals surface area contributed by atoms with Crippen molar-refractivity contribution in [2.24, 2.45) is 0 Å². The molecule has 1 aliphatic rings. The first-order valence-electron chi connectivity index (χ1n) is 16.2. The van der Waals surface area contributed by atoms with Crippen LogP contribution < -0.4 is 4.90 Å². The lowest BCUT2D eigenvalue weighted by molar-refractivity contribution is 1.28. The molecular formula is C46H31N. The predicted molar refractivity (Wildman–Crippen MR) is 199 cm³/mol. The van der Waals surface area contributed by atoms with Gasteiger partial charge in [0, 0.05) is 17.1 Å². The summed E-state index contributed by atoms with van der Waals surface area (Å²) in [5, 5.41) is 2.62. The van der Waals surface area contributed by atoms with Crippen LogP contribution in [0.3, 0.4) is 0 Å². The molecule has 0 fully saturated rings. The van der Waals surface area contributed by atoms with E-state index in [0.29, 0.717) is 0 Å². The molecule has 0 unspecified atom stereocenters. The summed E-state index contributed by atoms with van der Waals surface area (Å²) < 4.78 is 0. The van der Waals surface area contributed by atoms with Gasteiger partial charge in [0.15, 0.2) is 0 Å². The van der Waals surface area contributed by atoms with E-state index in [1.54, 1.807) is 0 Å². The van der Waals surface area contributed by atoms with Crippen molar-refractivity contribution < 1.29 is 0 Å². The smallest absolute Gasteiger partial charge is 0.0462 e. The van der Waals surface area contributed by atoms with Crippen LogP contribution in [0.1, 0.15) is 0 Å². The molecule has 8 aromatic rings. The Balaban J connectivity index is 1.31. The van der Waals surface area contributed by atoms with Gasteiger partial charge in [0.25, 0.3) is 0 Å². The summed E-state index contributed by atoms with van der Waals surface area (Å²) in [5.41, 5.74) is 16.1. The second-order valence-electron chi connectivity index (χ2n) is 12.1. The first-order chi connectivity index (χ1) is 23.3. The van der Waals surface area contributed by atoms with Gasteiger partial charge in [-0.1, -0.05) is 146 Å². The van der Waals surface area contributed by atoms with Crippen LogP contribution >= 0.6 is 0 Å². The van der Waals surface area contributed by atoms with Crippen molar-refractivity contribution in [2.75, 3.05) is 4.90 Å². The minimum absolute atomic E-state index is 1.12. The third-order valence-corrected chi connectivity index (χ3v) is 9.38. The van der Waals surface area contributed by atoms with Crippen molar-refractivity contribution >= 4 is 27.8 Å². The van der Waals surface area contributed by atoms with Gasteiger partial charge in [0.1, 0.15) is 0 Å². The zero-order chi connectivity index (χ0) is 31.2. The SMILES string of the molecule is c1ccc(-c2cc(-c3ccc(N(c4ccccc4)c4ccccc4)cc3)c(-c3ccccc3)c3c2-c2cccc4cccc-3c24)cc1. The highest BCUT2D eigenvalue weighted by molar-refractivity contribution is 6.22. The van der Waals surface area contributed by atoms with Crippen LogP contribution in [0.25, 0.3) is 66.4 Å². The van der Waals surface area contributed by atoms with E-state index < -0.39 is 0 Å². The number of fused-ring (bicyclic) bond motifs is 3. The fraction of sp³-hybridized carbons (Fsp3) is 0. The lowest BCUT2D eigenvalue weighted by Crippen LogP contribution is -2.09. The predicted octanol–water partition coefficient (Wildman–Crippen LogP) is 13.0. The Morgan fingerprint density at radius 2 is 0.723 bits per heavy atom. The summed E-state index contributed by atoms with van der Waals surface area (Å²) >= 11 is 0. The Bertz CT molecular complexity index is 2320. The fourth-order valence-corrected chi connectivity index (χ4v) is 7.36. The monoisotopic (exact) mass is 597 g/mol. The van der Waals surface area contributed by atoms with Gasteiger partial charge >= 0.3 is 0 Å². The molecule has 1 aliphatic carbocycles. The lowest BCUT2D eigenvalue weighted by atomic mass is 9.82. The van der Waals surface area contributed by atoms with Crippen LogP contribution in [-0.2, 0) is 0 Å². The Labute approximate surface area is 275 Å². The number of benzene rings is 8. The summed E-state index contributed by atoms with van der Waals surface area (Å²) in [5.74, 6) is 0. The quantitative estimate of drug-likeness (QED) is 0.184. The third-order valence-electron chi connectivity index (χ3n) is 9.38. The minimum Gasteiger partial charge on any atom is -0.311 e. The van der Waals surface area contributed by atoms with Crippen molar-refractivity contribution in [3.8, 4) is 55.6 Å². The number of rotatable bonds is 6. The number of nitrogens with zero attached hydrogens (tertiary/aromatic N) is 1. The maximum atomic E-state index is 2.43. The highest BCUT2D eigenvalue weighted by Gasteiger charge is 2.30. The molecule has 0 N–H and O–H groups in total. The lowest BCUT2D eigenvalue weighted by Gasteiger charge is -2.26. The van der Waals surface area contributed by atoms with Crippen LogP contribution in [0.5, 0.6) is 0 Å². The van der Waals surface area contributed by atoms with Gasteiger partial charge in [-0.2, -0.15) is 0 Å². The zero-order valence-electron chi connectivity index (χ0n) is 25.8. The van der Waals surface area contributed by atoms with Crippen LogP contribution in [0, 0.1) is 0 Å². The molecule has 0 spiro atoms. The molecule has 0 bridgehead atoms. The maximum absolute atomic E-state index is 2.43. The summed E-state index contributed by atoms with van der Waals surface area (Å²) in [4.78, 5) is 2.32. The Kier molecular flexibility index (Phi) is 6.54. The summed E-state index contributed by atoms with van der Waals surface area (Å²) in [6.07, 6.45) is 0. The van der Waals surface area contributed by atoms with E-state index in [1.807, 2.05) is 0 Å². The maximum Gasteiger partial charge on any atom is 0.0462 e. The molecule has 0 saturated carbocycles. The van der Waals surface area contributed by atoms with Crippen molar-refractivity contribution in [2.45, 2.75) is 0 Å². The summed E-state index contributed by atoms with van der Waals surface area (Å²) in [6, 6.07) is 68.0. The molecular weight excluding hydrogens is 567 g/mol. The fourth-order valence-electron chi connectivity index (χ4n) is 7.36. The van der Waals surface area contributed by atoms with Crippen molar-refractivity contribution in [1.82, 2.24) is 0 Å². The molecule has 220 valence electrons. The van der Waals surface area contributed by atoms with Gasteiger partial charge in [-0.05, 0) is 109 Å². The van der Waals surface area contributed by atoms with E-state index in [0.717, 1.165) is 17.1 Å². The first kappa shape index (κ1) is 27.2. The van der Waals surface area contributed by atoms with Gasteiger partial charge < -0.3 is 4.90 Å². The molecule has 9 rings (SSSR count). The van der Waals surface area contributed by atoms with Gasteiger partial charge in [-0.3, -0.25) is 0 Å². The van der Waals surface area contributed by atoms with E-state index in [-0.39, 0.29) is 0 Å². The summed E-state index contributed by atoms with van der Waals surface area (Å²) in [7, 11) is 0. The Morgan fingerprint density at radius 1 is 0.277 bits per heavy atom. The standard InChI is InChI=1S/C46H31N/c1-5-15-32(16-6-1)42-31-41(33-27-29-38(30-28-33)47(36-21-9-3-10-22-36)37-23-11-4-12-24-37)44(35-17-7-2-8-18-35)46-40-26-14-20-34-19-13-25-39(43(34)40)45(42)46/h1-31H. The normalized spacial score (nSPS) is 11.4. The number of para-hydroxylation sites is 2. The average Bonchev–Trinajstić information content (AvgIpc) is 3.49. The van der Waals surface area contributed by atoms with E-state index in [4.69, 9.17) is 0 Å². The molecule has 47 heavy (non-hydrogen) atoms. The van der Waals surface area contributed by atoms with Crippen molar-refractivity contribution in [3.05, 3.63) is 188 Å². The zero-order valence-corrected chi connectivity index (χ0v) is 25.8. The third kappa shape index (κ3) is 4.56. The number of hydrogen-bond acceptors (Lipinski definition) is 1. The van der Waals surface area contributed by atoms with E-state index in [2.05, 4.69) is 193 Å². The van der Waals surface area contributed by atoms with E-state index in [1.165, 1.54) is 66.4 Å². The second kappa shape index (κ2) is 11.3. The topological polar surface area (TPSA) is 3.24 Å². The molecule has 0 radical (unpaired) electrons. The highest BCUT2D eigenvalue weighted by atomic mass is 15.1. The molecule has 1 heteroatoms. The largest absolute Gasteiger partial charge is 0.311 e. The second-order valence-corrected chi connectivity index (χ2v) is 12.1. The van der Waals surface area contributed by atoms with Gasteiger partial charge in [-0.25, -0.2) is 0 Å². The highest BCUT2D eigenvalue weighted by Crippen LogP contribution is 2.57. The van der Waals surface area contributed by atoms with Gasteiger partial charge in [0.05, 0.1) is 0 Å². The Morgan fingerprint density at radius 3 is 1.30 bits per heavy atom. The van der Waals surface area contributed by atoms with E-state index in [9.17, 15) is 0 Å². The molecule has 0 amide bonds. The van der Waals surface area contributed by atoms with Crippen LogP contribution in [-0.4, -0.2) is 0 Å². The molecule has 1 nitrogen and oxygen atoms in total. The molecule has 0 atom stereocenters. The Hall–Kier alpha value is -6.18. The number of hydrogen-bond donors (Lipinski definition) is 0. The van der Waals surface area contributed by atoms with Gasteiger partial charge in [0.2, 0.25) is 0 Å². The molecule has 0 aromatic heterocycles. The van der Waals surface area contributed by atoms with Crippen LogP contribution in [0.15, 0.2) is 188 Å². The molecule has 0 heterocycles. The molecule has 8 aromatic carbocycles.